The lowest BCUT2D eigenvalue weighted by atomic mass is 10.0. The summed E-state index contributed by atoms with van der Waals surface area (Å²) in [5.74, 6) is -2.30. The highest BCUT2D eigenvalue weighted by atomic mass is 19.3. The number of aryl methyl sites for hydroxylation is 1. The Balaban J connectivity index is 1.54. The molecule has 0 radical (unpaired) electrons. The Kier molecular flexibility index (Phi) is 6.14. The molecular formula is C27H30F3N7O. The number of nitrogens with one attached hydrogen (secondary N) is 2. The summed E-state index contributed by atoms with van der Waals surface area (Å²) in [5, 5.41) is 8.14. The van der Waals surface area contributed by atoms with Gasteiger partial charge in [-0.15, -0.1) is 0 Å². The molecule has 2 aliphatic heterocycles. The number of alkyl halides is 2. The van der Waals surface area contributed by atoms with Crippen molar-refractivity contribution in [3.05, 3.63) is 47.7 Å². The minimum atomic E-state index is -2.93. The normalized spacial score (nSPS) is 21.8. The van der Waals surface area contributed by atoms with Crippen LogP contribution in [0.1, 0.15) is 30.8 Å². The van der Waals surface area contributed by atoms with Gasteiger partial charge in [-0.25, -0.2) is 23.1 Å². The fourth-order valence-electron chi connectivity index (χ4n) is 5.68. The second-order valence-corrected chi connectivity index (χ2v) is 10.2. The van der Waals surface area contributed by atoms with Gasteiger partial charge in [0.15, 0.2) is 5.82 Å². The van der Waals surface area contributed by atoms with E-state index in [1.807, 2.05) is 19.1 Å². The second kappa shape index (κ2) is 9.39. The number of benzene rings is 1. The maximum Gasteiger partial charge on any atom is 0.282 e. The topological polar surface area (TPSA) is 83.9 Å². The second-order valence-electron chi connectivity index (χ2n) is 10.2. The highest BCUT2D eigenvalue weighted by Crippen LogP contribution is 2.39. The summed E-state index contributed by atoms with van der Waals surface area (Å²) in [6.45, 7) is 7.53. The van der Waals surface area contributed by atoms with Crippen LogP contribution in [0.25, 0.3) is 33.5 Å². The molecule has 5 heterocycles. The van der Waals surface area contributed by atoms with E-state index in [4.69, 9.17) is 14.7 Å². The number of fused-ring (bicyclic) bond motifs is 1. The molecule has 200 valence electrons. The molecule has 2 saturated heterocycles. The molecule has 2 N–H and O–H groups in total. The average Bonchev–Trinajstić information content (AvgIpc) is 3.46. The maximum absolute atomic E-state index is 14.9. The molecule has 0 spiro atoms. The van der Waals surface area contributed by atoms with Gasteiger partial charge in [-0.2, -0.15) is 5.10 Å². The van der Waals surface area contributed by atoms with Crippen molar-refractivity contribution in [3.63, 3.8) is 0 Å². The van der Waals surface area contributed by atoms with Crippen molar-refractivity contribution in [2.24, 2.45) is 0 Å². The van der Waals surface area contributed by atoms with E-state index in [9.17, 15) is 13.2 Å². The summed E-state index contributed by atoms with van der Waals surface area (Å²) >= 11 is 0. The Hall–Kier alpha value is -3.44. The number of ether oxygens (including phenoxy) is 1. The van der Waals surface area contributed by atoms with Gasteiger partial charge in [0.2, 0.25) is 0 Å². The summed E-state index contributed by atoms with van der Waals surface area (Å²) < 4.78 is 51.4. The molecule has 3 aromatic heterocycles. The maximum atomic E-state index is 14.9. The number of hydrogen-bond acceptors (Lipinski definition) is 6. The van der Waals surface area contributed by atoms with Gasteiger partial charge in [-0.1, -0.05) is 0 Å². The van der Waals surface area contributed by atoms with Crippen LogP contribution in [0.3, 0.4) is 0 Å². The molecule has 8 nitrogen and oxygen atoms in total. The summed E-state index contributed by atoms with van der Waals surface area (Å²) in [6, 6.07) is 5.63. The highest BCUT2D eigenvalue weighted by molar-refractivity contribution is 5.94. The molecule has 0 bridgehead atoms. The van der Waals surface area contributed by atoms with E-state index in [-0.39, 0.29) is 19.0 Å². The van der Waals surface area contributed by atoms with Crippen molar-refractivity contribution in [2.75, 3.05) is 37.7 Å². The third-order valence-corrected chi connectivity index (χ3v) is 7.57. The zero-order valence-electron chi connectivity index (χ0n) is 21.6. The Bertz CT molecular complexity index is 1500. The molecular weight excluding hydrogens is 495 g/mol. The summed E-state index contributed by atoms with van der Waals surface area (Å²) in [6.07, 6.45) is 2.02. The number of H-pyrrole nitrogens is 1. The summed E-state index contributed by atoms with van der Waals surface area (Å²) in [7, 11) is 0. The Morgan fingerprint density at radius 1 is 1.16 bits per heavy atom. The zero-order chi connectivity index (χ0) is 26.6. The molecule has 2 atom stereocenters. The predicted molar refractivity (Wildman–Crippen MR) is 139 cm³/mol. The minimum Gasteiger partial charge on any atom is -0.377 e. The van der Waals surface area contributed by atoms with Crippen molar-refractivity contribution in [3.8, 4) is 22.6 Å². The smallest absolute Gasteiger partial charge is 0.282 e. The molecule has 4 aromatic rings. The first kappa shape index (κ1) is 24.9. The van der Waals surface area contributed by atoms with Crippen LogP contribution in [0.4, 0.5) is 19.0 Å². The first-order valence-electron chi connectivity index (χ1n) is 12.9. The number of anilines is 1. The van der Waals surface area contributed by atoms with Gasteiger partial charge in [0.25, 0.3) is 5.92 Å². The molecule has 0 aliphatic carbocycles. The quantitative estimate of drug-likeness (QED) is 0.404. The van der Waals surface area contributed by atoms with Gasteiger partial charge in [0, 0.05) is 46.5 Å². The molecule has 1 aromatic carbocycles. The average molecular weight is 526 g/mol. The number of rotatable bonds is 4. The fraction of sp³-hybridized carbons (Fsp3) is 0.444. The predicted octanol–water partition coefficient (Wildman–Crippen LogP) is 4.64. The number of halogens is 3. The van der Waals surface area contributed by atoms with Crippen LogP contribution in [0.2, 0.25) is 0 Å². The number of hydrogen-bond donors (Lipinski definition) is 2. The molecule has 0 amide bonds. The molecule has 38 heavy (non-hydrogen) atoms. The third-order valence-electron chi connectivity index (χ3n) is 7.57. The van der Waals surface area contributed by atoms with Gasteiger partial charge in [0.05, 0.1) is 37.2 Å². The molecule has 6 rings (SSSR count). The summed E-state index contributed by atoms with van der Waals surface area (Å²) in [5.41, 5.74) is 3.67. The first-order valence-corrected chi connectivity index (χ1v) is 12.9. The number of nitrogens with zero attached hydrogens (tertiary/aromatic N) is 5. The number of morpholine rings is 1. The Morgan fingerprint density at radius 2 is 2.00 bits per heavy atom. The van der Waals surface area contributed by atoms with Gasteiger partial charge in [-0.05, 0) is 51.9 Å². The Morgan fingerprint density at radius 3 is 2.79 bits per heavy atom. The van der Waals surface area contributed by atoms with Crippen LogP contribution >= 0.6 is 0 Å². The van der Waals surface area contributed by atoms with Gasteiger partial charge >= 0.3 is 0 Å². The minimum absolute atomic E-state index is 0.0671. The van der Waals surface area contributed by atoms with E-state index in [0.29, 0.717) is 71.7 Å². The van der Waals surface area contributed by atoms with E-state index in [1.165, 1.54) is 16.8 Å². The lowest BCUT2D eigenvalue weighted by molar-refractivity contribution is -0.0704. The molecule has 0 saturated carbocycles. The van der Waals surface area contributed by atoms with Crippen LogP contribution in [0.5, 0.6) is 0 Å². The van der Waals surface area contributed by atoms with E-state index >= 15 is 0 Å². The summed E-state index contributed by atoms with van der Waals surface area (Å²) in [4.78, 5) is 15.0. The monoisotopic (exact) mass is 525 g/mol. The highest BCUT2D eigenvalue weighted by Gasteiger charge is 2.44. The SMILES string of the molecule is Cc1nn([C@H]2CCNCC2(F)F)c(C)c1-c1cc(N2CCOC[C@H]2C)nc(-c2cc(F)cc3[nH]ccc23)n1. The van der Waals surface area contributed by atoms with Crippen molar-refractivity contribution in [1.29, 1.82) is 0 Å². The van der Waals surface area contributed by atoms with Crippen LogP contribution in [-0.4, -0.2) is 69.5 Å². The first-order chi connectivity index (χ1) is 18.2. The van der Waals surface area contributed by atoms with Gasteiger partial charge in [0.1, 0.15) is 17.7 Å². The van der Waals surface area contributed by atoms with Crippen LogP contribution in [0.15, 0.2) is 30.5 Å². The van der Waals surface area contributed by atoms with Crippen LogP contribution in [-0.2, 0) is 4.74 Å². The van der Waals surface area contributed by atoms with Crippen molar-refractivity contribution >= 4 is 16.7 Å². The van der Waals surface area contributed by atoms with Gasteiger partial charge < -0.3 is 19.9 Å². The number of piperidine rings is 1. The lowest BCUT2D eigenvalue weighted by Gasteiger charge is -2.34. The standard InChI is InChI=1S/C27H30F3N7O/c1-15-13-38-9-8-36(15)24-12-22(33-26(34-24)20-10-18(28)11-21-19(20)4-7-32-21)25-16(2)35-37(17(25)3)23-5-6-31-14-27(23,29)30/h4,7,10-12,15,23,31-32H,5-6,8-9,13-14H2,1-3H3/t15-,23+/m1/s1. The van der Waals surface area contributed by atoms with Crippen molar-refractivity contribution < 1.29 is 17.9 Å². The Labute approximate surface area is 218 Å². The van der Waals surface area contributed by atoms with E-state index in [1.54, 1.807) is 13.1 Å². The fourth-order valence-corrected chi connectivity index (χ4v) is 5.68. The van der Waals surface area contributed by atoms with E-state index < -0.39 is 17.8 Å². The van der Waals surface area contributed by atoms with E-state index in [0.717, 1.165) is 5.39 Å². The van der Waals surface area contributed by atoms with E-state index in [2.05, 4.69) is 27.2 Å². The zero-order valence-corrected chi connectivity index (χ0v) is 21.6. The lowest BCUT2D eigenvalue weighted by Crippen LogP contribution is -2.47. The molecule has 2 fully saturated rings. The van der Waals surface area contributed by atoms with Crippen molar-refractivity contribution in [1.82, 2.24) is 30.0 Å². The van der Waals surface area contributed by atoms with Crippen LogP contribution < -0.4 is 10.2 Å². The van der Waals surface area contributed by atoms with Gasteiger partial charge in [-0.3, -0.25) is 4.68 Å². The number of aromatic amines is 1. The molecule has 11 heteroatoms. The molecule has 2 aliphatic rings. The largest absolute Gasteiger partial charge is 0.377 e. The molecule has 0 unspecified atom stereocenters. The third kappa shape index (κ3) is 4.23. The van der Waals surface area contributed by atoms with Crippen LogP contribution in [0, 0.1) is 19.7 Å². The number of aromatic nitrogens is 5. The van der Waals surface area contributed by atoms with Crippen molar-refractivity contribution in [2.45, 2.75) is 45.2 Å².